The second-order valence-electron chi connectivity index (χ2n) is 9.72. The number of aliphatic hydroxyl groups is 1. The van der Waals surface area contributed by atoms with E-state index in [0.29, 0.717) is 12.8 Å². The molecule has 8 nitrogen and oxygen atoms in total. The lowest BCUT2D eigenvalue weighted by Crippen LogP contribution is -2.59. The quantitative estimate of drug-likeness (QED) is 0.481. The summed E-state index contributed by atoms with van der Waals surface area (Å²) in [6.45, 7) is 3.20. The van der Waals surface area contributed by atoms with Crippen molar-refractivity contribution in [3.05, 3.63) is 59.7 Å². The summed E-state index contributed by atoms with van der Waals surface area (Å²) < 4.78 is 5.66. The summed E-state index contributed by atoms with van der Waals surface area (Å²) in [5.41, 5.74) is 3.48. The summed E-state index contributed by atoms with van der Waals surface area (Å²) in [5.74, 6) is -1.89. The highest BCUT2D eigenvalue weighted by Crippen LogP contribution is 2.44. The number of fused-ring (bicyclic) bond motifs is 3. The molecule has 186 valence electrons. The van der Waals surface area contributed by atoms with Gasteiger partial charge in [0, 0.05) is 12.0 Å². The maximum atomic E-state index is 13.1. The number of carbonyl (C=O) groups is 3. The predicted molar refractivity (Wildman–Crippen MR) is 130 cm³/mol. The Morgan fingerprint density at radius 1 is 1.06 bits per heavy atom. The minimum atomic E-state index is -1.42. The van der Waals surface area contributed by atoms with Gasteiger partial charge in [0.1, 0.15) is 6.61 Å². The third kappa shape index (κ3) is 4.89. The van der Waals surface area contributed by atoms with Crippen LogP contribution in [0.1, 0.15) is 56.6 Å². The Balaban J connectivity index is 1.43. The Hall–Kier alpha value is -3.39. The molecule has 0 heterocycles. The van der Waals surface area contributed by atoms with Gasteiger partial charge in [0.2, 0.25) is 5.91 Å². The molecule has 1 fully saturated rings. The van der Waals surface area contributed by atoms with E-state index < -0.39 is 41.6 Å². The molecule has 0 aromatic heterocycles. The van der Waals surface area contributed by atoms with E-state index in [0.717, 1.165) is 35.1 Å². The molecular formula is C27H32N2O6. The summed E-state index contributed by atoms with van der Waals surface area (Å²) in [6, 6.07) is 14.2. The Bertz CT molecular complexity index is 1070. The molecule has 8 heteroatoms. The number of alkyl carbamates (subject to hydrolysis) is 1. The summed E-state index contributed by atoms with van der Waals surface area (Å²) >= 11 is 0. The summed E-state index contributed by atoms with van der Waals surface area (Å²) in [6.07, 6.45) is 0.801. The molecule has 2 aromatic carbocycles. The zero-order valence-corrected chi connectivity index (χ0v) is 20.0. The molecular weight excluding hydrogens is 448 g/mol. The number of carboxylic acid groups (broad SMARTS) is 1. The third-order valence-corrected chi connectivity index (χ3v) is 7.40. The molecule has 0 saturated heterocycles. The van der Waals surface area contributed by atoms with Gasteiger partial charge in [0.25, 0.3) is 0 Å². The van der Waals surface area contributed by atoms with Crippen LogP contribution >= 0.6 is 0 Å². The van der Waals surface area contributed by atoms with Crippen LogP contribution in [-0.2, 0) is 14.3 Å². The lowest BCUT2D eigenvalue weighted by Gasteiger charge is -2.40. The van der Waals surface area contributed by atoms with Gasteiger partial charge in [0.15, 0.2) is 6.04 Å². The molecule has 4 rings (SSSR count). The Kier molecular flexibility index (Phi) is 7.12. The van der Waals surface area contributed by atoms with Crippen molar-refractivity contribution in [2.75, 3.05) is 6.61 Å². The first-order valence-corrected chi connectivity index (χ1v) is 12.1. The van der Waals surface area contributed by atoms with Gasteiger partial charge in [-0.25, -0.2) is 9.59 Å². The number of carbonyl (C=O) groups excluding carboxylic acids is 2. The maximum absolute atomic E-state index is 13.1. The van der Waals surface area contributed by atoms with Gasteiger partial charge in [-0.15, -0.1) is 0 Å². The molecule has 0 spiro atoms. The van der Waals surface area contributed by atoms with Gasteiger partial charge < -0.3 is 25.6 Å². The zero-order chi connectivity index (χ0) is 25.2. The smallest absolute Gasteiger partial charge is 0.407 e. The number of aliphatic hydroxyl groups excluding tert-OH is 1. The number of aliphatic carboxylic acids is 1. The van der Waals surface area contributed by atoms with E-state index in [2.05, 4.69) is 22.8 Å². The summed E-state index contributed by atoms with van der Waals surface area (Å²) in [7, 11) is 0. The highest BCUT2D eigenvalue weighted by Gasteiger charge is 2.45. The largest absolute Gasteiger partial charge is 0.480 e. The molecule has 4 N–H and O–H groups in total. The van der Waals surface area contributed by atoms with E-state index in [1.807, 2.05) is 36.4 Å². The normalized spacial score (nSPS) is 22.9. The van der Waals surface area contributed by atoms with Crippen molar-refractivity contribution in [3.63, 3.8) is 0 Å². The van der Waals surface area contributed by atoms with Crippen molar-refractivity contribution in [2.45, 2.75) is 63.6 Å². The standard InChI is InChI=1S/C27H32N2O6/c1-16(30)23(24(31)32)29-25(33)27(2)14-8-7-13-22(27)28-26(34)35-15-21-19-11-5-3-9-17(19)18-10-4-6-12-20(18)21/h3-6,9-12,16,21-23,30H,7-8,13-15H2,1-2H3,(H,28,34)(H,29,33)(H,31,32). The third-order valence-electron chi connectivity index (χ3n) is 7.40. The van der Waals surface area contributed by atoms with E-state index in [4.69, 9.17) is 4.74 Å². The van der Waals surface area contributed by atoms with E-state index in [9.17, 15) is 24.6 Å². The monoisotopic (exact) mass is 480 g/mol. The maximum Gasteiger partial charge on any atom is 0.407 e. The number of ether oxygens (including phenoxy) is 1. The molecule has 2 aliphatic carbocycles. The molecule has 35 heavy (non-hydrogen) atoms. The Morgan fingerprint density at radius 3 is 2.23 bits per heavy atom. The average Bonchev–Trinajstić information content (AvgIpc) is 3.16. The molecule has 1 saturated carbocycles. The molecule has 0 aliphatic heterocycles. The van der Waals surface area contributed by atoms with Crippen LogP contribution < -0.4 is 10.6 Å². The Morgan fingerprint density at radius 2 is 1.66 bits per heavy atom. The van der Waals surface area contributed by atoms with Crippen LogP contribution in [0.5, 0.6) is 0 Å². The van der Waals surface area contributed by atoms with E-state index in [1.54, 1.807) is 6.92 Å². The van der Waals surface area contributed by atoms with Crippen LogP contribution in [0.4, 0.5) is 4.79 Å². The highest BCUT2D eigenvalue weighted by atomic mass is 16.5. The fourth-order valence-electron chi connectivity index (χ4n) is 5.31. The van der Waals surface area contributed by atoms with Gasteiger partial charge in [-0.3, -0.25) is 4.79 Å². The van der Waals surface area contributed by atoms with Crippen molar-refractivity contribution in [1.82, 2.24) is 10.6 Å². The van der Waals surface area contributed by atoms with Crippen molar-refractivity contribution < 1.29 is 29.3 Å². The SMILES string of the molecule is CC(O)C(NC(=O)C1(C)CCCCC1NC(=O)OCC1c2ccccc2-c2ccccc21)C(=O)O. The summed E-state index contributed by atoms with van der Waals surface area (Å²) in [4.78, 5) is 37.4. The second-order valence-corrected chi connectivity index (χ2v) is 9.72. The number of carboxylic acids is 1. The van der Waals surface area contributed by atoms with Crippen molar-refractivity contribution >= 4 is 18.0 Å². The molecule has 2 aromatic rings. The van der Waals surface area contributed by atoms with Gasteiger partial charge >= 0.3 is 12.1 Å². The number of amides is 2. The Labute approximate surface area is 204 Å². The van der Waals surface area contributed by atoms with E-state index >= 15 is 0 Å². The summed E-state index contributed by atoms with van der Waals surface area (Å²) in [5, 5.41) is 24.4. The predicted octanol–water partition coefficient (Wildman–Crippen LogP) is 3.42. The van der Waals surface area contributed by atoms with Crippen LogP contribution in [0.25, 0.3) is 11.1 Å². The first kappa shape index (κ1) is 24.7. The van der Waals surface area contributed by atoms with Crippen LogP contribution in [0.15, 0.2) is 48.5 Å². The zero-order valence-electron chi connectivity index (χ0n) is 20.0. The van der Waals surface area contributed by atoms with Gasteiger partial charge in [0.05, 0.1) is 11.5 Å². The second kappa shape index (κ2) is 10.1. The van der Waals surface area contributed by atoms with E-state index in [1.165, 1.54) is 6.92 Å². The van der Waals surface area contributed by atoms with Crippen molar-refractivity contribution in [3.8, 4) is 11.1 Å². The molecule has 0 bridgehead atoms. The fourth-order valence-corrected chi connectivity index (χ4v) is 5.31. The van der Waals surface area contributed by atoms with Crippen LogP contribution in [0.2, 0.25) is 0 Å². The van der Waals surface area contributed by atoms with Crippen LogP contribution in [-0.4, -0.2) is 53.0 Å². The number of rotatable bonds is 7. The fraction of sp³-hybridized carbons (Fsp3) is 0.444. The van der Waals surface area contributed by atoms with Crippen LogP contribution in [0.3, 0.4) is 0 Å². The molecule has 4 unspecified atom stereocenters. The first-order chi connectivity index (χ1) is 16.7. The molecule has 2 aliphatic rings. The number of hydrogen-bond acceptors (Lipinski definition) is 5. The first-order valence-electron chi connectivity index (χ1n) is 12.1. The topological polar surface area (TPSA) is 125 Å². The van der Waals surface area contributed by atoms with Crippen molar-refractivity contribution in [1.29, 1.82) is 0 Å². The van der Waals surface area contributed by atoms with Gasteiger partial charge in [-0.05, 0) is 48.9 Å². The van der Waals surface area contributed by atoms with Gasteiger partial charge in [-0.1, -0.05) is 61.4 Å². The number of nitrogens with one attached hydrogen (secondary N) is 2. The minimum Gasteiger partial charge on any atom is -0.480 e. The highest BCUT2D eigenvalue weighted by molar-refractivity contribution is 5.88. The van der Waals surface area contributed by atoms with E-state index in [-0.39, 0.29) is 12.5 Å². The van der Waals surface area contributed by atoms with Crippen molar-refractivity contribution in [2.24, 2.45) is 5.41 Å². The minimum absolute atomic E-state index is 0.0726. The lowest BCUT2D eigenvalue weighted by atomic mass is 9.71. The average molecular weight is 481 g/mol. The molecule has 2 amide bonds. The van der Waals surface area contributed by atoms with Gasteiger partial charge in [-0.2, -0.15) is 0 Å². The molecule has 0 radical (unpaired) electrons. The number of hydrogen-bond donors (Lipinski definition) is 4. The number of benzene rings is 2. The lowest BCUT2D eigenvalue weighted by molar-refractivity contribution is -0.147. The van der Waals surface area contributed by atoms with Crippen LogP contribution in [0, 0.1) is 5.41 Å². The molecule has 4 atom stereocenters.